The summed E-state index contributed by atoms with van der Waals surface area (Å²) in [6.07, 6.45) is 1.76. The molecule has 1 aromatic heterocycles. The van der Waals surface area contributed by atoms with E-state index in [1.165, 1.54) is 12.4 Å². The predicted octanol–water partition coefficient (Wildman–Crippen LogP) is 1.31. The highest BCUT2D eigenvalue weighted by molar-refractivity contribution is 5.93. The lowest BCUT2D eigenvalue weighted by molar-refractivity contribution is -0.158. The Labute approximate surface area is 212 Å². The van der Waals surface area contributed by atoms with Gasteiger partial charge in [-0.15, -0.1) is 0 Å². The molecule has 37 heavy (non-hydrogen) atoms. The predicted molar refractivity (Wildman–Crippen MR) is 127 cm³/mol. The molecule has 0 aliphatic carbocycles. The van der Waals surface area contributed by atoms with E-state index in [1.807, 2.05) is 18.7 Å². The van der Waals surface area contributed by atoms with Crippen LogP contribution in [0.25, 0.3) is 0 Å². The van der Waals surface area contributed by atoms with Crippen molar-refractivity contribution in [3.8, 4) is 11.6 Å². The molecule has 198 valence electrons. The number of carbonyl (C=O) groups excluding carboxylic acids is 3. The molecule has 0 unspecified atom stereocenters. The van der Waals surface area contributed by atoms with E-state index < -0.39 is 29.3 Å². The van der Waals surface area contributed by atoms with E-state index >= 15 is 0 Å². The summed E-state index contributed by atoms with van der Waals surface area (Å²) in [5, 5.41) is 5.33. The number of morpholine rings is 1. The number of carbonyl (C=O) groups is 3. The highest BCUT2D eigenvalue weighted by Gasteiger charge is 2.42. The van der Waals surface area contributed by atoms with Crippen molar-refractivity contribution in [2.75, 3.05) is 38.1 Å². The Morgan fingerprint density at radius 2 is 2.03 bits per heavy atom. The van der Waals surface area contributed by atoms with Gasteiger partial charge in [0.15, 0.2) is 23.5 Å². The van der Waals surface area contributed by atoms with Crippen LogP contribution in [0.3, 0.4) is 0 Å². The van der Waals surface area contributed by atoms with Crippen molar-refractivity contribution in [1.82, 2.24) is 25.1 Å². The molecule has 2 saturated heterocycles. The Morgan fingerprint density at radius 1 is 1.24 bits per heavy atom. The molecule has 0 radical (unpaired) electrons. The van der Waals surface area contributed by atoms with Crippen LogP contribution in [0.2, 0.25) is 0 Å². The van der Waals surface area contributed by atoms with E-state index in [2.05, 4.69) is 20.6 Å². The zero-order valence-electron chi connectivity index (χ0n) is 20.7. The number of amides is 3. The molecular formula is C24H28F2N6O5. The van der Waals surface area contributed by atoms with Gasteiger partial charge in [0.25, 0.3) is 5.91 Å². The van der Waals surface area contributed by atoms with Gasteiger partial charge in [0.1, 0.15) is 12.4 Å². The number of aromatic nitrogens is 2. The minimum Gasteiger partial charge on any atom is -0.434 e. The monoisotopic (exact) mass is 518 g/mol. The van der Waals surface area contributed by atoms with Crippen LogP contribution in [-0.2, 0) is 19.1 Å². The Kier molecular flexibility index (Phi) is 7.64. The zero-order chi connectivity index (χ0) is 26.7. The first-order chi connectivity index (χ1) is 17.5. The number of nitrogens with one attached hydrogen (secondary N) is 2. The molecule has 2 aromatic rings. The van der Waals surface area contributed by atoms with Crippen LogP contribution in [0.15, 0.2) is 30.6 Å². The number of hydrogen-bond acceptors (Lipinski definition) is 8. The lowest BCUT2D eigenvalue weighted by Crippen LogP contribution is -2.66. The Bertz CT molecular complexity index is 1170. The third-order valence-electron chi connectivity index (χ3n) is 6.29. The molecule has 0 saturated carbocycles. The molecule has 4 rings (SSSR count). The summed E-state index contributed by atoms with van der Waals surface area (Å²) in [6, 6.07) is 2.35. The number of nitrogens with zero attached hydrogens (tertiary/aromatic N) is 4. The van der Waals surface area contributed by atoms with Gasteiger partial charge in [-0.3, -0.25) is 19.3 Å². The van der Waals surface area contributed by atoms with Gasteiger partial charge in [-0.05, 0) is 32.9 Å². The van der Waals surface area contributed by atoms with Gasteiger partial charge in [0.05, 0.1) is 30.5 Å². The highest BCUT2D eigenvalue weighted by atomic mass is 19.1. The molecular weight excluding hydrogens is 490 g/mol. The molecule has 3 amide bonds. The standard InChI is InChI=1S/C24H28F2N6O5/c1-14(31-6-7-32(24(2,3)13-31)23(35)18-9-28-20(33)12-36-18)22(34)30-19-10-29-21(11-27-19)37-17-5-4-15(25)8-16(17)26/h4-5,8,10-11,14,18H,6-7,9,12-13H2,1-3H3,(H,28,33)(H,27,30,34)/t14-,18-/m0/s1. The molecule has 13 heteroatoms. The second-order valence-corrected chi connectivity index (χ2v) is 9.46. The average Bonchev–Trinajstić information content (AvgIpc) is 2.86. The summed E-state index contributed by atoms with van der Waals surface area (Å²) in [4.78, 5) is 49.0. The van der Waals surface area contributed by atoms with Gasteiger partial charge in [0.2, 0.25) is 17.7 Å². The fourth-order valence-corrected chi connectivity index (χ4v) is 4.26. The lowest BCUT2D eigenvalue weighted by Gasteiger charge is -2.49. The SMILES string of the molecule is C[C@@H](C(=O)Nc1cnc(Oc2ccc(F)cc2F)cn1)N1CCN(C(=O)[C@@H]2CNC(=O)CO2)C(C)(C)C1. The van der Waals surface area contributed by atoms with Crippen molar-refractivity contribution in [2.45, 2.75) is 38.5 Å². The van der Waals surface area contributed by atoms with Crippen molar-refractivity contribution in [1.29, 1.82) is 0 Å². The molecule has 2 atom stereocenters. The van der Waals surface area contributed by atoms with E-state index in [0.717, 1.165) is 12.1 Å². The second-order valence-electron chi connectivity index (χ2n) is 9.46. The summed E-state index contributed by atoms with van der Waals surface area (Å²) in [6.45, 7) is 6.87. The van der Waals surface area contributed by atoms with E-state index in [4.69, 9.17) is 9.47 Å². The fourth-order valence-electron chi connectivity index (χ4n) is 4.26. The minimum absolute atomic E-state index is 0.0272. The van der Waals surface area contributed by atoms with Crippen LogP contribution in [0.1, 0.15) is 20.8 Å². The number of benzene rings is 1. The number of rotatable bonds is 6. The normalized spacial score (nSPS) is 20.6. The number of hydrogen-bond donors (Lipinski definition) is 2. The van der Waals surface area contributed by atoms with Gasteiger partial charge in [-0.2, -0.15) is 0 Å². The molecule has 2 fully saturated rings. The maximum atomic E-state index is 13.8. The number of piperazine rings is 1. The van der Waals surface area contributed by atoms with Gasteiger partial charge >= 0.3 is 0 Å². The van der Waals surface area contributed by atoms with Gasteiger partial charge in [-0.1, -0.05) is 0 Å². The van der Waals surface area contributed by atoms with Gasteiger partial charge in [-0.25, -0.2) is 18.7 Å². The maximum absolute atomic E-state index is 13.8. The van der Waals surface area contributed by atoms with E-state index in [9.17, 15) is 23.2 Å². The highest BCUT2D eigenvalue weighted by Crippen LogP contribution is 2.25. The third-order valence-corrected chi connectivity index (χ3v) is 6.29. The van der Waals surface area contributed by atoms with Crippen molar-refractivity contribution < 1.29 is 32.6 Å². The summed E-state index contributed by atoms with van der Waals surface area (Å²) < 4.78 is 37.5. The molecule has 3 heterocycles. The smallest absolute Gasteiger partial charge is 0.254 e. The van der Waals surface area contributed by atoms with Crippen LogP contribution in [0, 0.1) is 11.6 Å². The summed E-state index contributed by atoms with van der Waals surface area (Å²) >= 11 is 0. The first-order valence-corrected chi connectivity index (χ1v) is 11.7. The summed E-state index contributed by atoms with van der Waals surface area (Å²) in [5.74, 6) is -2.43. The van der Waals surface area contributed by atoms with Crippen LogP contribution in [-0.4, -0.2) is 88.0 Å². The molecule has 11 nitrogen and oxygen atoms in total. The third kappa shape index (κ3) is 6.17. The van der Waals surface area contributed by atoms with E-state index in [-0.39, 0.29) is 48.3 Å². The number of anilines is 1. The van der Waals surface area contributed by atoms with E-state index in [1.54, 1.807) is 11.8 Å². The van der Waals surface area contributed by atoms with Crippen molar-refractivity contribution in [2.24, 2.45) is 0 Å². The first kappa shape index (κ1) is 26.4. The second kappa shape index (κ2) is 10.7. The Balaban J connectivity index is 1.32. The number of halogens is 2. The maximum Gasteiger partial charge on any atom is 0.254 e. The quantitative estimate of drug-likeness (QED) is 0.587. The van der Waals surface area contributed by atoms with Crippen molar-refractivity contribution >= 4 is 23.5 Å². The lowest BCUT2D eigenvalue weighted by atomic mass is 9.96. The minimum atomic E-state index is -0.879. The van der Waals surface area contributed by atoms with Crippen molar-refractivity contribution in [3.05, 3.63) is 42.2 Å². The molecule has 2 N–H and O–H groups in total. The van der Waals surface area contributed by atoms with Crippen LogP contribution >= 0.6 is 0 Å². The van der Waals surface area contributed by atoms with Crippen LogP contribution in [0.5, 0.6) is 11.6 Å². The Hall–Kier alpha value is -3.71. The molecule has 2 aliphatic rings. The van der Waals surface area contributed by atoms with Gasteiger partial charge < -0.3 is 25.0 Å². The molecule has 0 spiro atoms. The summed E-state index contributed by atoms with van der Waals surface area (Å²) in [7, 11) is 0. The molecule has 2 aliphatic heterocycles. The van der Waals surface area contributed by atoms with E-state index in [0.29, 0.717) is 25.7 Å². The average molecular weight is 519 g/mol. The summed E-state index contributed by atoms with van der Waals surface area (Å²) in [5.41, 5.74) is -0.580. The van der Waals surface area contributed by atoms with Crippen molar-refractivity contribution in [3.63, 3.8) is 0 Å². The molecule has 1 aromatic carbocycles. The zero-order valence-corrected chi connectivity index (χ0v) is 20.7. The van der Waals surface area contributed by atoms with Gasteiger partial charge in [0, 0.05) is 25.7 Å². The van der Waals surface area contributed by atoms with Crippen LogP contribution in [0.4, 0.5) is 14.6 Å². The Morgan fingerprint density at radius 3 is 2.65 bits per heavy atom. The first-order valence-electron chi connectivity index (χ1n) is 11.7. The fraction of sp³-hybridized carbons (Fsp3) is 0.458. The largest absolute Gasteiger partial charge is 0.434 e. The molecule has 0 bridgehead atoms. The van der Waals surface area contributed by atoms with Crippen LogP contribution < -0.4 is 15.4 Å². The number of ether oxygens (including phenoxy) is 2. The topological polar surface area (TPSA) is 126 Å².